The first-order valence-electron chi connectivity index (χ1n) is 3.39. The number of aromatic amines is 1. The molecule has 0 saturated heterocycles. The molecule has 0 aliphatic heterocycles. The second kappa shape index (κ2) is 3.64. The third kappa shape index (κ3) is 1.74. The van der Waals surface area contributed by atoms with Gasteiger partial charge in [-0.15, -0.1) is 0 Å². The van der Waals surface area contributed by atoms with E-state index in [2.05, 4.69) is 30.4 Å². The van der Waals surface area contributed by atoms with E-state index >= 15 is 0 Å². The molecule has 0 spiro atoms. The van der Waals surface area contributed by atoms with Crippen molar-refractivity contribution >= 4 is 13.5 Å². The monoisotopic (exact) mass is 267 g/mol. The fraction of sp³-hybridized carbons (Fsp3) is 0. The fourth-order valence-electron chi connectivity index (χ4n) is 0.717. The second-order valence-corrected chi connectivity index (χ2v) is 5.04. The average Bonchev–Trinajstić information content (AvgIpc) is 2.71. The van der Waals surface area contributed by atoms with E-state index in [1.54, 1.807) is 24.7 Å². The summed E-state index contributed by atoms with van der Waals surface area (Å²) in [5.74, 6) is 0. The summed E-state index contributed by atoms with van der Waals surface area (Å²) in [7, 11) is 0. The number of rotatable bonds is 2. The van der Waals surface area contributed by atoms with Gasteiger partial charge in [-0.1, -0.05) is 0 Å². The standard InChI is InChI=1S/C4H3N2.C2H2N3.CH2.Pd/c1-2-5-4-6-3-1;1-2-4-5-3-1;;/h1-3H;1H,(H,3,4,5);1H2;. The van der Waals surface area contributed by atoms with Gasteiger partial charge in [0.1, 0.15) is 0 Å². The minimum absolute atomic E-state index is 0.766. The molecule has 0 amide bonds. The second-order valence-electron chi connectivity index (χ2n) is 2.06. The summed E-state index contributed by atoms with van der Waals surface area (Å²) in [5.41, 5.74) is 0. The number of hydrogen-bond acceptors (Lipinski definition) is 4. The molecule has 2 rings (SSSR count). The van der Waals surface area contributed by atoms with Gasteiger partial charge in [-0.25, -0.2) is 0 Å². The van der Waals surface area contributed by atoms with E-state index in [0.717, 1.165) is 8.46 Å². The molecule has 0 radical (unpaired) electrons. The summed E-state index contributed by atoms with van der Waals surface area (Å²) in [5, 5.41) is 10.2. The van der Waals surface area contributed by atoms with Crippen LogP contribution in [0, 0.1) is 0 Å². The SMILES string of the molecule is [CH2]=[Pd]([c]1c[nH]nn1)[c]1ncccn1. The average molecular weight is 268 g/mol. The van der Waals surface area contributed by atoms with Crippen LogP contribution in [0.3, 0.4) is 0 Å². The van der Waals surface area contributed by atoms with Crippen molar-refractivity contribution in [2.75, 3.05) is 0 Å². The molecular weight excluding hydrogens is 261 g/mol. The van der Waals surface area contributed by atoms with Gasteiger partial charge in [0.2, 0.25) is 0 Å². The van der Waals surface area contributed by atoms with Crippen LogP contribution < -0.4 is 8.46 Å². The maximum absolute atomic E-state index is 4.13. The first kappa shape index (κ1) is 8.36. The molecule has 0 aliphatic carbocycles. The Morgan fingerprint density at radius 3 is 2.69 bits per heavy atom. The van der Waals surface area contributed by atoms with Crippen molar-refractivity contribution in [2.45, 2.75) is 0 Å². The topological polar surface area (TPSA) is 67.3 Å². The Bertz CT molecular complexity index is 396. The van der Waals surface area contributed by atoms with Crippen molar-refractivity contribution in [1.82, 2.24) is 25.4 Å². The van der Waals surface area contributed by atoms with Crippen LogP contribution in [0.5, 0.6) is 0 Å². The molecule has 0 aromatic carbocycles. The summed E-state index contributed by atoms with van der Waals surface area (Å²) < 4.78 is 1.62. The molecule has 0 atom stereocenters. The van der Waals surface area contributed by atoms with Crippen LogP contribution >= 0.6 is 0 Å². The predicted octanol–water partition coefficient (Wildman–Crippen LogP) is -1.40. The van der Waals surface area contributed by atoms with Gasteiger partial charge in [-0.3, -0.25) is 0 Å². The molecular formula is C7H7N5Pd. The summed E-state index contributed by atoms with van der Waals surface area (Å²) in [6.45, 7) is 0. The Morgan fingerprint density at radius 2 is 2.08 bits per heavy atom. The van der Waals surface area contributed by atoms with E-state index in [1.165, 1.54) is 0 Å². The molecule has 0 aliphatic rings. The van der Waals surface area contributed by atoms with Crippen molar-refractivity contribution in [3.8, 4) is 0 Å². The zero-order valence-corrected chi connectivity index (χ0v) is 8.18. The Morgan fingerprint density at radius 1 is 1.31 bits per heavy atom. The fourth-order valence-corrected chi connectivity index (χ4v) is 2.43. The summed E-state index contributed by atoms with van der Waals surface area (Å²) in [6, 6.07) is 1.78. The van der Waals surface area contributed by atoms with E-state index in [4.69, 9.17) is 0 Å². The van der Waals surface area contributed by atoms with Gasteiger partial charge in [0.25, 0.3) is 0 Å². The first-order valence-corrected chi connectivity index (χ1v) is 6.05. The summed E-state index contributed by atoms with van der Waals surface area (Å²) >= 11 is -1.33. The molecule has 70 valence electrons. The number of aromatic nitrogens is 5. The van der Waals surface area contributed by atoms with Gasteiger partial charge in [0.05, 0.1) is 0 Å². The van der Waals surface area contributed by atoms with E-state index in [9.17, 15) is 0 Å². The van der Waals surface area contributed by atoms with Crippen molar-refractivity contribution in [3.63, 3.8) is 0 Å². The molecule has 2 aromatic heterocycles. The van der Waals surface area contributed by atoms with Crippen LogP contribution in [0.1, 0.15) is 0 Å². The summed E-state index contributed by atoms with van der Waals surface area (Å²) in [4.78, 5) is 12.3. The predicted molar refractivity (Wildman–Crippen MR) is 44.8 cm³/mol. The molecule has 2 aromatic rings. The van der Waals surface area contributed by atoms with Gasteiger partial charge >= 0.3 is 79.8 Å². The Labute approximate surface area is 80.1 Å². The number of nitrogens with zero attached hydrogens (tertiary/aromatic N) is 4. The minimum atomic E-state index is -1.33. The van der Waals surface area contributed by atoms with Gasteiger partial charge in [0, 0.05) is 0 Å². The van der Waals surface area contributed by atoms with E-state index in [0.29, 0.717) is 0 Å². The normalized spacial score (nSPS) is 11.2. The van der Waals surface area contributed by atoms with Crippen LogP contribution in [0.25, 0.3) is 0 Å². The Balaban J connectivity index is 2.34. The van der Waals surface area contributed by atoms with Gasteiger partial charge in [-0.2, -0.15) is 0 Å². The van der Waals surface area contributed by atoms with Crippen LogP contribution in [0.15, 0.2) is 24.7 Å². The molecule has 0 saturated carbocycles. The third-order valence-electron chi connectivity index (χ3n) is 1.26. The first-order chi connectivity index (χ1) is 6.38. The number of nitrogens with one attached hydrogen (secondary N) is 1. The van der Waals surface area contributed by atoms with Crippen molar-refractivity contribution in [1.29, 1.82) is 0 Å². The van der Waals surface area contributed by atoms with E-state index in [-0.39, 0.29) is 0 Å². The van der Waals surface area contributed by atoms with Crippen LogP contribution in [0.2, 0.25) is 0 Å². The maximum atomic E-state index is 4.13. The van der Waals surface area contributed by atoms with Crippen molar-refractivity contribution in [2.24, 2.45) is 0 Å². The van der Waals surface area contributed by atoms with Gasteiger partial charge in [0.15, 0.2) is 0 Å². The molecule has 0 fully saturated rings. The molecule has 5 nitrogen and oxygen atoms in total. The Hall–Kier alpha value is -1.25. The third-order valence-corrected chi connectivity index (χ3v) is 3.84. The molecule has 6 heteroatoms. The van der Waals surface area contributed by atoms with Crippen LogP contribution in [0.4, 0.5) is 0 Å². The van der Waals surface area contributed by atoms with E-state index < -0.39 is 16.3 Å². The molecule has 0 unspecified atom stereocenters. The van der Waals surface area contributed by atoms with Gasteiger partial charge in [-0.05, 0) is 0 Å². The van der Waals surface area contributed by atoms with Crippen molar-refractivity contribution in [3.05, 3.63) is 24.7 Å². The van der Waals surface area contributed by atoms with Gasteiger partial charge < -0.3 is 0 Å². The quantitative estimate of drug-likeness (QED) is 0.680. The van der Waals surface area contributed by atoms with Crippen LogP contribution in [-0.4, -0.2) is 30.4 Å². The zero-order chi connectivity index (χ0) is 9.10. The molecule has 2 heterocycles. The Kier molecular flexibility index (Phi) is 2.34. The van der Waals surface area contributed by atoms with E-state index in [1.807, 2.05) is 0 Å². The molecule has 0 bridgehead atoms. The molecule has 13 heavy (non-hydrogen) atoms. The van der Waals surface area contributed by atoms with Crippen LogP contribution in [-0.2, 0) is 16.3 Å². The zero-order valence-electron chi connectivity index (χ0n) is 6.62. The number of hydrogen-bond donors (Lipinski definition) is 1. The van der Waals surface area contributed by atoms with Crippen molar-refractivity contribution < 1.29 is 16.3 Å². The summed E-state index contributed by atoms with van der Waals surface area (Å²) in [6.07, 6.45) is 5.16. The number of H-pyrrole nitrogens is 1. The molecule has 1 N–H and O–H groups in total.